The molecule has 1 N–H and O–H groups in total. The lowest BCUT2D eigenvalue weighted by Crippen LogP contribution is -2.45. The maximum atomic E-state index is 12.0. The third-order valence-electron chi connectivity index (χ3n) is 4.52. The average molecular weight is 288 g/mol. The summed E-state index contributed by atoms with van der Waals surface area (Å²) in [5, 5.41) is 3.11. The summed E-state index contributed by atoms with van der Waals surface area (Å²) in [7, 11) is 0. The van der Waals surface area contributed by atoms with Gasteiger partial charge in [0.05, 0.1) is 0 Å². The third-order valence-corrected chi connectivity index (χ3v) is 4.52. The molecule has 1 aromatic rings. The Labute approximate surface area is 128 Å². The van der Waals surface area contributed by atoms with Gasteiger partial charge in [0.15, 0.2) is 0 Å². The van der Waals surface area contributed by atoms with Crippen molar-refractivity contribution >= 4 is 5.91 Å². The molecule has 0 saturated heterocycles. The van der Waals surface area contributed by atoms with Gasteiger partial charge >= 0.3 is 0 Å². The number of hydrogen-bond donors (Lipinski definition) is 1. The molecule has 2 rings (SSSR count). The first-order valence-electron chi connectivity index (χ1n) is 8.20. The average Bonchev–Trinajstić information content (AvgIpc) is 2.52. The molecule has 1 heterocycles. The fourth-order valence-corrected chi connectivity index (χ4v) is 3.01. The van der Waals surface area contributed by atoms with Gasteiger partial charge < -0.3 is 5.32 Å². The SMILES string of the molecule is CCCC(C)C(=O)NCC(C)N1CCc2ccccc2C1. The van der Waals surface area contributed by atoms with Crippen molar-refractivity contribution in [3.05, 3.63) is 35.4 Å². The van der Waals surface area contributed by atoms with Crippen molar-refractivity contribution in [3.63, 3.8) is 0 Å². The van der Waals surface area contributed by atoms with E-state index in [0.717, 1.165) is 38.9 Å². The number of amides is 1. The third kappa shape index (κ3) is 4.31. The van der Waals surface area contributed by atoms with Crippen molar-refractivity contribution in [1.29, 1.82) is 0 Å². The molecule has 2 unspecified atom stereocenters. The normalized spacial score (nSPS) is 17.9. The molecular formula is C18H28N2O. The molecule has 0 saturated carbocycles. The highest BCUT2D eigenvalue weighted by atomic mass is 16.1. The zero-order valence-electron chi connectivity index (χ0n) is 13.6. The molecule has 116 valence electrons. The van der Waals surface area contributed by atoms with Crippen LogP contribution in [-0.2, 0) is 17.8 Å². The van der Waals surface area contributed by atoms with Gasteiger partial charge in [-0.3, -0.25) is 9.69 Å². The number of hydrogen-bond acceptors (Lipinski definition) is 2. The zero-order valence-corrected chi connectivity index (χ0v) is 13.6. The Balaban J connectivity index is 1.82. The number of carbonyl (C=O) groups is 1. The topological polar surface area (TPSA) is 32.3 Å². The van der Waals surface area contributed by atoms with Gasteiger partial charge in [0, 0.05) is 31.6 Å². The Bertz CT molecular complexity index is 472. The Morgan fingerprint density at radius 2 is 2.00 bits per heavy atom. The molecule has 3 nitrogen and oxygen atoms in total. The molecule has 1 amide bonds. The summed E-state index contributed by atoms with van der Waals surface area (Å²) in [6, 6.07) is 9.06. The number of nitrogens with one attached hydrogen (secondary N) is 1. The summed E-state index contributed by atoms with van der Waals surface area (Å²) in [6.45, 7) is 9.17. The first-order chi connectivity index (χ1) is 10.1. The zero-order chi connectivity index (χ0) is 15.2. The summed E-state index contributed by atoms with van der Waals surface area (Å²) >= 11 is 0. The molecule has 3 heteroatoms. The van der Waals surface area contributed by atoms with Crippen molar-refractivity contribution in [2.45, 2.75) is 52.6 Å². The molecule has 0 aromatic heterocycles. The molecule has 1 aliphatic rings. The molecule has 2 atom stereocenters. The van der Waals surface area contributed by atoms with Gasteiger partial charge in [-0.2, -0.15) is 0 Å². The fourth-order valence-electron chi connectivity index (χ4n) is 3.01. The van der Waals surface area contributed by atoms with Crippen LogP contribution in [0.25, 0.3) is 0 Å². The molecule has 0 aliphatic carbocycles. The van der Waals surface area contributed by atoms with Gasteiger partial charge in [-0.15, -0.1) is 0 Å². The van der Waals surface area contributed by atoms with E-state index in [-0.39, 0.29) is 11.8 Å². The van der Waals surface area contributed by atoms with Crippen LogP contribution >= 0.6 is 0 Å². The molecule has 0 fully saturated rings. The van der Waals surface area contributed by atoms with Gasteiger partial charge in [0.25, 0.3) is 0 Å². The van der Waals surface area contributed by atoms with Crippen LogP contribution in [0.4, 0.5) is 0 Å². The van der Waals surface area contributed by atoms with Crippen LogP contribution in [0.3, 0.4) is 0 Å². The first kappa shape index (κ1) is 16.0. The van der Waals surface area contributed by atoms with Gasteiger partial charge in [-0.1, -0.05) is 44.5 Å². The lowest BCUT2D eigenvalue weighted by atomic mass is 9.99. The Morgan fingerprint density at radius 3 is 2.71 bits per heavy atom. The van der Waals surface area contributed by atoms with Crippen LogP contribution in [0.15, 0.2) is 24.3 Å². The highest BCUT2D eigenvalue weighted by Gasteiger charge is 2.21. The standard InChI is InChI=1S/C18H28N2O/c1-4-7-14(2)18(21)19-12-15(3)20-11-10-16-8-5-6-9-17(16)13-20/h5-6,8-9,14-15H,4,7,10-13H2,1-3H3,(H,19,21). The smallest absolute Gasteiger partial charge is 0.222 e. The molecule has 0 spiro atoms. The molecular weight excluding hydrogens is 260 g/mol. The molecule has 0 bridgehead atoms. The second kappa shape index (κ2) is 7.60. The fraction of sp³-hybridized carbons (Fsp3) is 0.611. The Hall–Kier alpha value is -1.35. The minimum absolute atomic E-state index is 0.129. The highest BCUT2D eigenvalue weighted by molar-refractivity contribution is 5.78. The summed E-state index contributed by atoms with van der Waals surface area (Å²) < 4.78 is 0. The van der Waals surface area contributed by atoms with Crippen LogP contribution in [0.2, 0.25) is 0 Å². The monoisotopic (exact) mass is 288 g/mol. The van der Waals surface area contributed by atoms with Crippen LogP contribution in [0, 0.1) is 5.92 Å². The largest absolute Gasteiger partial charge is 0.354 e. The van der Waals surface area contributed by atoms with Crippen LogP contribution in [-0.4, -0.2) is 29.9 Å². The first-order valence-corrected chi connectivity index (χ1v) is 8.20. The second-order valence-electron chi connectivity index (χ2n) is 6.27. The summed E-state index contributed by atoms with van der Waals surface area (Å²) in [6.07, 6.45) is 3.14. The van der Waals surface area contributed by atoms with E-state index in [1.54, 1.807) is 0 Å². The van der Waals surface area contributed by atoms with Gasteiger partial charge in [-0.25, -0.2) is 0 Å². The van der Waals surface area contributed by atoms with E-state index in [2.05, 4.69) is 48.3 Å². The quantitative estimate of drug-likeness (QED) is 0.873. The van der Waals surface area contributed by atoms with E-state index in [1.807, 2.05) is 6.92 Å². The number of benzene rings is 1. The van der Waals surface area contributed by atoms with Crippen LogP contribution in [0.1, 0.15) is 44.7 Å². The maximum Gasteiger partial charge on any atom is 0.222 e. The van der Waals surface area contributed by atoms with Crippen molar-refractivity contribution in [1.82, 2.24) is 10.2 Å². The van der Waals surface area contributed by atoms with Crippen molar-refractivity contribution in [2.75, 3.05) is 13.1 Å². The summed E-state index contributed by atoms with van der Waals surface area (Å²) in [5.74, 6) is 0.324. The lowest BCUT2D eigenvalue weighted by molar-refractivity contribution is -0.124. The van der Waals surface area contributed by atoms with E-state index < -0.39 is 0 Å². The lowest BCUT2D eigenvalue weighted by Gasteiger charge is -2.34. The molecule has 0 radical (unpaired) electrons. The van der Waals surface area contributed by atoms with E-state index in [0.29, 0.717) is 6.04 Å². The van der Waals surface area contributed by atoms with E-state index in [9.17, 15) is 4.79 Å². The minimum atomic E-state index is 0.129. The van der Waals surface area contributed by atoms with E-state index in [4.69, 9.17) is 0 Å². The predicted molar refractivity (Wildman–Crippen MR) is 87.1 cm³/mol. The van der Waals surface area contributed by atoms with Crippen molar-refractivity contribution in [2.24, 2.45) is 5.92 Å². The number of fused-ring (bicyclic) bond motifs is 1. The molecule has 1 aromatic carbocycles. The number of nitrogens with zero attached hydrogens (tertiary/aromatic N) is 1. The Kier molecular flexibility index (Phi) is 5.80. The summed E-state index contributed by atoms with van der Waals surface area (Å²) in [5.41, 5.74) is 2.91. The number of carbonyl (C=O) groups excluding carboxylic acids is 1. The van der Waals surface area contributed by atoms with E-state index >= 15 is 0 Å². The minimum Gasteiger partial charge on any atom is -0.354 e. The van der Waals surface area contributed by atoms with E-state index in [1.165, 1.54) is 11.1 Å². The van der Waals surface area contributed by atoms with Crippen LogP contribution < -0.4 is 5.32 Å². The summed E-state index contributed by atoms with van der Waals surface area (Å²) in [4.78, 5) is 14.5. The van der Waals surface area contributed by atoms with Gasteiger partial charge in [0.2, 0.25) is 5.91 Å². The number of rotatable bonds is 6. The van der Waals surface area contributed by atoms with Crippen molar-refractivity contribution < 1.29 is 4.79 Å². The van der Waals surface area contributed by atoms with Crippen molar-refractivity contribution in [3.8, 4) is 0 Å². The van der Waals surface area contributed by atoms with Crippen LogP contribution in [0.5, 0.6) is 0 Å². The highest BCUT2D eigenvalue weighted by Crippen LogP contribution is 2.20. The molecule has 1 aliphatic heterocycles. The Morgan fingerprint density at radius 1 is 1.29 bits per heavy atom. The second-order valence-corrected chi connectivity index (χ2v) is 6.27. The predicted octanol–water partition coefficient (Wildman–Crippen LogP) is 2.99. The maximum absolute atomic E-state index is 12.0. The van der Waals surface area contributed by atoms with Gasteiger partial charge in [-0.05, 0) is 30.9 Å². The molecule has 21 heavy (non-hydrogen) atoms. The van der Waals surface area contributed by atoms with Gasteiger partial charge in [0.1, 0.15) is 0 Å².